The number of nitrogens with zero attached hydrogens (tertiary/aromatic N) is 2. The number of aromatic nitrogens is 2. The highest BCUT2D eigenvalue weighted by atomic mass is 16.5. The topological polar surface area (TPSA) is 87.5 Å². The molecule has 0 amide bonds. The minimum absolute atomic E-state index is 0.0268. The second kappa shape index (κ2) is 6.19. The summed E-state index contributed by atoms with van der Waals surface area (Å²) in [7, 11) is 0. The molecule has 0 radical (unpaired) electrons. The number of hydrogen-bond donors (Lipinski definition) is 3. The average Bonchev–Trinajstić information content (AvgIpc) is 2.41. The van der Waals surface area contributed by atoms with Crippen LogP contribution in [0.1, 0.15) is 25.2 Å². The van der Waals surface area contributed by atoms with E-state index < -0.39 is 12.2 Å². The minimum atomic E-state index is -0.838. The standard InChI is InChI=1S/C12H19N3O3/c1-8(12-13-4-2-5-14-12)15-7-10-11(17)9(16)3-6-18-10/h2,4-5,8-11,15-17H,3,6-7H2,1H3. The normalized spacial score (nSPS) is 30.1. The number of nitrogens with one attached hydrogen (secondary N) is 1. The van der Waals surface area contributed by atoms with Crippen molar-refractivity contribution in [2.75, 3.05) is 13.2 Å². The van der Waals surface area contributed by atoms with Gasteiger partial charge in [-0.05, 0) is 19.4 Å². The molecule has 1 fully saturated rings. The second-order valence-corrected chi connectivity index (χ2v) is 4.49. The molecule has 6 heteroatoms. The van der Waals surface area contributed by atoms with Crippen LogP contribution in [0, 0.1) is 0 Å². The van der Waals surface area contributed by atoms with E-state index in [0.717, 1.165) is 0 Å². The summed E-state index contributed by atoms with van der Waals surface area (Å²) in [6, 6.07) is 1.74. The summed E-state index contributed by atoms with van der Waals surface area (Å²) in [6.07, 6.45) is 1.94. The largest absolute Gasteiger partial charge is 0.390 e. The van der Waals surface area contributed by atoms with E-state index in [9.17, 15) is 10.2 Å². The molecule has 0 aromatic carbocycles. The highest BCUT2D eigenvalue weighted by Crippen LogP contribution is 2.15. The van der Waals surface area contributed by atoms with E-state index in [1.165, 1.54) is 0 Å². The molecule has 18 heavy (non-hydrogen) atoms. The maximum Gasteiger partial charge on any atom is 0.144 e. The summed E-state index contributed by atoms with van der Waals surface area (Å²) in [4.78, 5) is 8.30. The van der Waals surface area contributed by atoms with Gasteiger partial charge in [-0.1, -0.05) is 0 Å². The summed E-state index contributed by atoms with van der Waals surface area (Å²) >= 11 is 0. The van der Waals surface area contributed by atoms with Crippen molar-refractivity contribution in [2.45, 2.75) is 37.7 Å². The summed E-state index contributed by atoms with van der Waals surface area (Å²) in [5, 5.41) is 22.5. The molecule has 1 aliphatic heterocycles. The molecule has 1 aliphatic rings. The molecule has 4 atom stereocenters. The van der Waals surface area contributed by atoms with Crippen LogP contribution in [0.15, 0.2) is 18.5 Å². The fourth-order valence-corrected chi connectivity index (χ4v) is 1.96. The first-order valence-corrected chi connectivity index (χ1v) is 6.16. The third-order valence-electron chi connectivity index (χ3n) is 3.12. The van der Waals surface area contributed by atoms with Crippen molar-refractivity contribution in [2.24, 2.45) is 0 Å². The highest BCUT2D eigenvalue weighted by molar-refractivity contribution is 4.94. The zero-order chi connectivity index (χ0) is 13.0. The molecule has 3 N–H and O–H groups in total. The fraction of sp³-hybridized carbons (Fsp3) is 0.667. The van der Waals surface area contributed by atoms with Gasteiger partial charge in [-0.3, -0.25) is 0 Å². The first-order chi connectivity index (χ1) is 8.68. The van der Waals surface area contributed by atoms with E-state index >= 15 is 0 Å². The lowest BCUT2D eigenvalue weighted by atomic mass is 10.0. The van der Waals surface area contributed by atoms with Crippen LogP contribution in [0.3, 0.4) is 0 Å². The Balaban J connectivity index is 1.84. The summed E-state index contributed by atoms with van der Waals surface area (Å²) in [5.74, 6) is 0.698. The van der Waals surface area contributed by atoms with Crippen LogP contribution in [0.5, 0.6) is 0 Å². The van der Waals surface area contributed by atoms with Crippen LogP contribution in [-0.2, 0) is 4.74 Å². The van der Waals surface area contributed by atoms with Crippen LogP contribution in [0.2, 0.25) is 0 Å². The molecule has 0 bridgehead atoms. The lowest BCUT2D eigenvalue weighted by Gasteiger charge is -2.32. The Kier molecular flexibility index (Phi) is 4.60. The van der Waals surface area contributed by atoms with Gasteiger partial charge >= 0.3 is 0 Å². The third kappa shape index (κ3) is 3.23. The molecule has 0 aliphatic carbocycles. The minimum Gasteiger partial charge on any atom is -0.390 e. The van der Waals surface area contributed by atoms with Gasteiger partial charge in [0.25, 0.3) is 0 Å². The van der Waals surface area contributed by atoms with Gasteiger partial charge in [0.05, 0.1) is 18.2 Å². The summed E-state index contributed by atoms with van der Waals surface area (Å²) < 4.78 is 5.43. The molecule has 1 aromatic heterocycles. The molecule has 0 saturated carbocycles. The Morgan fingerprint density at radius 2 is 2.17 bits per heavy atom. The zero-order valence-corrected chi connectivity index (χ0v) is 10.4. The molecule has 1 aromatic rings. The molecule has 2 heterocycles. The van der Waals surface area contributed by atoms with Crippen LogP contribution < -0.4 is 5.32 Å². The molecule has 2 rings (SSSR count). The van der Waals surface area contributed by atoms with Crippen molar-refractivity contribution in [3.8, 4) is 0 Å². The maximum absolute atomic E-state index is 9.77. The Hall–Kier alpha value is -1.08. The van der Waals surface area contributed by atoms with Crippen LogP contribution in [0.25, 0.3) is 0 Å². The Morgan fingerprint density at radius 1 is 1.44 bits per heavy atom. The first-order valence-electron chi connectivity index (χ1n) is 6.16. The van der Waals surface area contributed by atoms with Gasteiger partial charge in [0.2, 0.25) is 0 Å². The molecular formula is C12H19N3O3. The van der Waals surface area contributed by atoms with Gasteiger partial charge in [0.1, 0.15) is 11.9 Å². The molecule has 4 unspecified atom stereocenters. The van der Waals surface area contributed by atoms with Gasteiger partial charge in [0.15, 0.2) is 0 Å². The monoisotopic (exact) mass is 253 g/mol. The smallest absolute Gasteiger partial charge is 0.144 e. The SMILES string of the molecule is CC(NCC1OCCC(O)C1O)c1ncccn1. The lowest BCUT2D eigenvalue weighted by molar-refractivity contribution is -0.133. The number of aliphatic hydroxyl groups is 2. The quantitative estimate of drug-likeness (QED) is 0.679. The van der Waals surface area contributed by atoms with Crippen LogP contribution >= 0.6 is 0 Å². The Morgan fingerprint density at radius 3 is 2.89 bits per heavy atom. The molecule has 0 spiro atoms. The molecule has 1 saturated heterocycles. The van der Waals surface area contributed by atoms with E-state index in [4.69, 9.17) is 4.74 Å². The predicted octanol–water partition coefficient (Wildman–Crippen LogP) is -0.362. The Bertz CT molecular complexity index is 363. The van der Waals surface area contributed by atoms with Crippen LogP contribution in [0.4, 0.5) is 0 Å². The fourth-order valence-electron chi connectivity index (χ4n) is 1.96. The van der Waals surface area contributed by atoms with Crippen molar-refractivity contribution in [3.05, 3.63) is 24.3 Å². The van der Waals surface area contributed by atoms with E-state index in [-0.39, 0.29) is 12.1 Å². The van der Waals surface area contributed by atoms with E-state index in [2.05, 4.69) is 15.3 Å². The number of rotatable bonds is 4. The van der Waals surface area contributed by atoms with E-state index in [0.29, 0.717) is 25.4 Å². The molecule has 6 nitrogen and oxygen atoms in total. The summed E-state index contributed by atoms with van der Waals surface area (Å²) in [5.41, 5.74) is 0. The van der Waals surface area contributed by atoms with Gasteiger partial charge in [-0.2, -0.15) is 0 Å². The van der Waals surface area contributed by atoms with Crippen molar-refractivity contribution < 1.29 is 14.9 Å². The zero-order valence-electron chi connectivity index (χ0n) is 10.4. The average molecular weight is 253 g/mol. The number of ether oxygens (including phenoxy) is 1. The molecule has 100 valence electrons. The van der Waals surface area contributed by atoms with Gasteiger partial charge < -0.3 is 20.3 Å². The van der Waals surface area contributed by atoms with Crippen LogP contribution in [-0.4, -0.2) is 51.6 Å². The van der Waals surface area contributed by atoms with Gasteiger partial charge in [0, 0.05) is 25.5 Å². The first kappa shape index (κ1) is 13.4. The predicted molar refractivity (Wildman–Crippen MR) is 64.8 cm³/mol. The molecular weight excluding hydrogens is 234 g/mol. The van der Waals surface area contributed by atoms with Crippen molar-refractivity contribution in [3.63, 3.8) is 0 Å². The third-order valence-corrected chi connectivity index (χ3v) is 3.12. The lowest BCUT2D eigenvalue weighted by Crippen LogP contribution is -2.49. The van der Waals surface area contributed by atoms with Crippen molar-refractivity contribution >= 4 is 0 Å². The van der Waals surface area contributed by atoms with Gasteiger partial charge in [-0.25, -0.2) is 9.97 Å². The number of aliphatic hydroxyl groups excluding tert-OH is 2. The van der Waals surface area contributed by atoms with E-state index in [1.54, 1.807) is 18.5 Å². The van der Waals surface area contributed by atoms with Gasteiger partial charge in [-0.15, -0.1) is 0 Å². The number of hydrogen-bond acceptors (Lipinski definition) is 6. The van der Waals surface area contributed by atoms with Crippen molar-refractivity contribution in [1.82, 2.24) is 15.3 Å². The van der Waals surface area contributed by atoms with E-state index in [1.807, 2.05) is 6.92 Å². The maximum atomic E-state index is 9.77. The highest BCUT2D eigenvalue weighted by Gasteiger charge is 2.31. The summed E-state index contributed by atoms with van der Waals surface area (Å²) in [6.45, 7) is 2.87. The second-order valence-electron chi connectivity index (χ2n) is 4.49. The van der Waals surface area contributed by atoms with Crippen molar-refractivity contribution in [1.29, 1.82) is 0 Å². The Labute approximate surface area is 106 Å².